The smallest absolute Gasteiger partial charge is 0.262 e. The molecule has 28 heavy (non-hydrogen) atoms. The highest BCUT2D eigenvalue weighted by Crippen LogP contribution is 2.26. The lowest BCUT2D eigenvalue weighted by molar-refractivity contribution is -0.133. The van der Waals surface area contributed by atoms with Crippen molar-refractivity contribution in [2.75, 3.05) is 26.2 Å². The van der Waals surface area contributed by atoms with Crippen LogP contribution < -0.4 is 5.32 Å². The van der Waals surface area contributed by atoms with Gasteiger partial charge >= 0.3 is 0 Å². The summed E-state index contributed by atoms with van der Waals surface area (Å²) in [6.45, 7) is 1.22. The Hall–Kier alpha value is -2.73. The van der Waals surface area contributed by atoms with Gasteiger partial charge < -0.3 is 10.2 Å². The van der Waals surface area contributed by atoms with Gasteiger partial charge in [0.15, 0.2) is 0 Å². The van der Waals surface area contributed by atoms with Crippen LogP contribution in [0.15, 0.2) is 22.7 Å². The van der Waals surface area contributed by atoms with E-state index >= 15 is 0 Å². The van der Waals surface area contributed by atoms with Gasteiger partial charge in [-0.3, -0.25) is 24.1 Å². The summed E-state index contributed by atoms with van der Waals surface area (Å²) in [6.07, 6.45) is 1.27. The average molecular weight is 447 g/mol. The van der Waals surface area contributed by atoms with Crippen molar-refractivity contribution in [2.24, 2.45) is 5.92 Å². The van der Waals surface area contributed by atoms with Gasteiger partial charge in [-0.2, -0.15) is 5.26 Å². The number of likely N-dealkylation sites (tertiary alicyclic amines) is 1. The topological polar surface area (TPSA) is 111 Å². The van der Waals surface area contributed by atoms with Gasteiger partial charge in [-0.25, -0.2) is 0 Å². The molecule has 0 spiro atoms. The van der Waals surface area contributed by atoms with Gasteiger partial charge in [0.05, 0.1) is 17.2 Å². The SMILES string of the molecule is N#CCC(=O)NCC1CCN(C(=O)CN2C(=O)c3ccc(Br)cc3C2=O)CC1. The van der Waals surface area contributed by atoms with Crippen LogP contribution in [0.25, 0.3) is 0 Å². The van der Waals surface area contributed by atoms with Crippen molar-refractivity contribution >= 4 is 39.6 Å². The van der Waals surface area contributed by atoms with Gasteiger partial charge in [0.2, 0.25) is 11.8 Å². The summed E-state index contributed by atoms with van der Waals surface area (Å²) >= 11 is 3.28. The number of hydrogen-bond acceptors (Lipinski definition) is 5. The Bertz CT molecular complexity index is 871. The normalized spacial score (nSPS) is 16.7. The molecule has 0 aromatic heterocycles. The molecule has 1 N–H and O–H groups in total. The standard InChI is InChI=1S/C19H19BrN4O4/c20-13-1-2-14-15(9-13)19(28)24(18(14)27)11-17(26)23-7-4-12(5-8-23)10-22-16(25)3-6-21/h1-2,9,12H,3-5,7-8,10-11H2,(H,22,25). The molecule has 8 nitrogen and oxygen atoms in total. The molecular weight excluding hydrogens is 428 g/mol. The lowest BCUT2D eigenvalue weighted by Crippen LogP contribution is -2.46. The minimum atomic E-state index is -0.454. The number of amides is 4. The van der Waals surface area contributed by atoms with Crippen LogP contribution in [-0.2, 0) is 9.59 Å². The number of hydrogen-bond donors (Lipinski definition) is 1. The molecule has 4 amide bonds. The largest absolute Gasteiger partial charge is 0.355 e. The van der Waals surface area contributed by atoms with Gasteiger partial charge in [0, 0.05) is 24.1 Å². The second-order valence-corrected chi connectivity index (χ2v) is 7.77. The summed E-state index contributed by atoms with van der Waals surface area (Å²) < 4.78 is 0.699. The number of nitriles is 1. The molecule has 1 saturated heterocycles. The van der Waals surface area contributed by atoms with E-state index in [0.717, 1.165) is 4.90 Å². The van der Waals surface area contributed by atoms with Crippen molar-refractivity contribution in [1.82, 2.24) is 15.1 Å². The zero-order valence-electron chi connectivity index (χ0n) is 15.1. The first kappa shape index (κ1) is 20.0. The number of imide groups is 1. The third-order valence-corrected chi connectivity index (χ3v) is 5.51. The second kappa shape index (κ2) is 8.52. The molecule has 3 rings (SSSR count). The maximum atomic E-state index is 12.6. The van der Waals surface area contributed by atoms with Crippen molar-refractivity contribution in [3.05, 3.63) is 33.8 Å². The summed E-state index contributed by atoms with van der Waals surface area (Å²) in [6, 6.07) is 6.66. The van der Waals surface area contributed by atoms with Crippen LogP contribution in [0.4, 0.5) is 0 Å². The molecule has 2 aliphatic heterocycles. The minimum absolute atomic E-state index is 0.159. The predicted octanol–water partition coefficient (Wildman–Crippen LogP) is 1.31. The fourth-order valence-corrected chi connectivity index (χ4v) is 3.78. The van der Waals surface area contributed by atoms with Crippen molar-refractivity contribution in [3.63, 3.8) is 0 Å². The highest BCUT2D eigenvalue weighted by atomic mass is 79.9. The van der Waals surface area contributed by atoms with Crippen molar-refractivity contribution in [2.45, 2.75) is 19.3 Å². The van der Waals surface area contributed by atoms with Gasteiger partial charge in [-0.05, 0) is 37.0 Å². The first-order chi connectivity index (χ1) is 13.4. The molecule has 2 heterocycles. The van der Waals surface area contributed by atoms with E-state index in [9.17, 15) is 19.2 Å². The van der Waals surface area contributed by atoms with E-state index in [-0.39, 0.29) is 30.7 Å². The summed E-state index contributed by atoms with van der Waals surface area (Å²) in [5.41, 5.74) is 0.617. The average Bonchev–Trinajstić information content (AvgIpc) is 2.91. The number of benzene rings is 1. The lowest BCUT2D eigenvalue weighted by atomic mass is 9.96. The molecule has 146 valence electrons. The summed E-state index contributed by atoms with van der Waals surface area (Å²) in [7, 11) is 0. The Labute approximate surface area is 170 Å². The zero-order valence-corrected chi connectivity index (χ0v) is 16.7. The maximum Gasteiger partial charge on any atom is 0.262 e. The Balaban J connectivity index is 1.52. The third kappa shape index (κ3) is 4.22. The van der Waals surface area contributed by atoms with Gasteiger partial charge in [0.1, 0.15) is 13.0 Å². The predicted molar refractivity (Wildman–Crippen MR) is 102 cm³/mol. The Morgan fingerprint density at radius 1 is 1.18 bits per heavy atom. The van der Waals surface area contributed by atoms with Crippen LogP contribution in [0.5, 0.6) is 0 Å². The monoisotopic (exact) mass is 446 g/mol. The maximum absolute atomic E-state index is 12.6. The van der Waals surface area contributed by atoms with E-state index in [0.29, 0.717) is 48.1 Å². The van der Waals surface area contributed by atoms with Gasteiger partial charge in [-0.15, -0.1) is 0 Å². The quantitative estimate of drug-likeness (QED) is 0.685. The number of rotatable bonds is 5. The van der Waals surface area contributed by atoms with E-state index in [1.54, 1.807) is 29.2 Å². The number of halogens is 1. The molecule has 0 unspecified atom stereocenters. The molecule has 0 bridgehead atoms. The fraction of sp³-hybridized carbons (Fsp3) is 0.421. The van der Waals surface area contributed by atoms with Crippen LogP contribution in [0.3, 0.4) is 0 Å². The summed E-state index contributed by atoms with van der Waals surface area (Å²) in [5.74, 6) is -1.22. The van der Waals surface area contributed by atoms with Crippen molar-refractivity contribution in [3.8, 4) is 6.07 Å². The van der Waals surface area contributed by atoms with Crippen LogP contribution in [0, 0.1) is 17.2 Å². The molecule has 0 aliphatic carbocycles. The number of carbonyl (C=O) groups excluding carboxylic acids is 4. The van der Waals surface area contributed by atoms with Crippen molar-refractivity contribution in [1.29, 1.82) is 5.26 Å². The summed E-state index contributed by atoms with van der Waals surface area (Å²) in [5, 5.41) is 11.2. The van der Waals surface area contributed by atoms with Crippen LogP contribution >= 0.6 is 15.9 Å². The molecule has 2 aliphatic rings. The molecule has 9 heteroatoms. The Morgan fingerprint density at radius 2 is 1.86 bits per heavy atom. The van der Waals surface area contributed by atoms with E-state index in [1.807, 2.05) is 0 Å². The molecular formula is C19H19BrN4O4. The highest BCUT2D eigenvalue weighted by Gasteiger charge is 2.37. The van der Waals surface area contributed by atoms with Crippen LogP contribution in [0.2, 0.25) is 0 Å². The van der Waals surface area contributed by atoms with Crippen LogP contribution in [-0.4, -0.2) is 59.6 Å². The summed E-state index contributed by atoms with van der Waals surface area (Å²) in [4.78, 5) is 51.5. The Morgan fingerprint density at radius 3 is 2.54 bits per heavy atom. The number of carbonyl (C=O) groups is 4. The van der Waals surface area contributed by atoms with E-state index in [4.69, 9.17) is 5.26 Å². The van der Waals surface area contributed by atoms with Gasteiger partial charge in [-0.1, -0.05) is 15.9 Å². The molecule has 0 radical (unpaired) electrons. The number of nitrogens with zero attached hydrogens (tertiary/aromatic N) is 3. The Kier molecular flexibility index (Phi) is 6.09. The molecule has 0 saturated carbocycles. The molecule has 1 fully saturated rings. The van der Waals surface area contributed by atoms with Crippen LogP contribution in [0.1, 0.15) is 40.0 Å². The van der Waals surface area contributed by atoms with E-state index < -0.39 is 11.8 Å². The highest BCUT2D eigenvalue weighted by molar-refractivity contribution is 9.10. The van der Waals surface area contributed by atoms with Crippen molar-refractivity contribution < 1.29 is 19.2 Å². The molecule has 1 aromatic rings. The number of piperidine rings is 1. The molecule has 0 atom stereocenters. The first-order valence-electron chi connectivity index (χ1n) is 8.98. The lowest BCUT2D eigenvalue weighted by Gasteiger charge is -2.32. The zero-order chi connectivity index (χ0) is 20.3. The van der Waals surface area contributed by atoms with E-state index in [1.165, 1.54) is 0 Å². The third-order valence-electron chi connectivity index (χ3n) is 5.02. The first-order valence-corrected chi connectivity index (χ1v) is 9.77. The minimum Gasteiger partial charge on any atom is -0.355 e. The molecule has 1 aromatic carbocycles. The second-order valence-electron chi connectivity index (χ2n) is 6.85. The van der Waals surface area contributed by atoms with E-state index in [2.05, 4.69) is 21.2 Å². The van der Waals surface area contributed by atoms with Gasteiger partial charge in [0.25, 0.3) is 11.8 Å². The number of fused-ring (bicyclic) bond motifs is 1. The fourth-order valence-electron chi connectivity index (χ4n) is 3.42. The number of nitrogens with one attached hydrogen (secondary N) is 1.